The molecule has 7 nitrogen and oxygen atoms in total. The average molecular weight is 500 g/mol. The second-order valence-corrected chi connectivity index (χ2v) is 7.63. The van der Waals surface area contributed by atoms with E-state index >= 15 is 0 Å². The number of halogens is 6. The lowest BCUT2D eigenvalue weighted by atomic mass is 10.1. The van der Waals surface area contributed by atoms with Gasteiger partial charge in [0.05, 0.1) is 25.3 Å². The number of aromatic nitrogens is 2. The van der Waals surface area contributed by atoms with E-state index in [2.05, 4.69) is 14.7 Å². The average Bonchev–Trinajstić information content (AvgIpc) is 3.34. The number of hydrogen-bond acceptors (Lipinski definition) is 5. The largest absolute Gasteiger partial charge is 0.471 e. The highest BCUT2D eigenvalue weighted by Crippen LogP contribution is 2.33. The van der Waals surface area contributed by atoms with Gasteiger partial charge in [0.1, 0.15) is 0 Å². The molecule has 0 aliphatic carbocycles. The van der Waals surface area contributed by atoms with E-state index in [1.807, 2.05) is 0 Å². The predicted octanol–water partition coefficient (Wildman–Crippen LogP) is 5.23. The number of amides is 2. The summed E-state index contributed by atoms with van der Waals surface area (Å²) in [6.07, 6.45) is -9.37. The van der Waals surface area contributed by atoms with Gasteiger partial charge in [-0.1, -0.05) is 35.5 Å². The molecule has 1 aliphatic rings. The quantitative estimate of drug-likeness (QED) is 0.459. The van der Waals surface area contributed by atoms with Gasteiger partial charge in [0.25, 0.3) is 0 Å². The molecular weight excluding hydrogens is 482 g/mol. The third kappa shape index (κ3) is 5.73. The van der Waals surface area contributed by atoms with Crippen molar-refractivity contribution in [2.24, 2.45) is 0 Å². The van der Waals surface area contributed by atoms with Gasteiger partial charge in [0, 0.05) is 24.3 Å². The third-order valence-electron chi connectivity index (χ3n) is 5.22. The first kappa shape index (κ1) is 24.5. The lowest BCUT2D eigenvalue weighted by molar-refractivity contribution is -0.159. The molecule has 0 bridgehead atoms. The highest BCUT2D eigenvalue weighted by molar-refractivity contribution is 5.92. The van der Waals surface area contributed by atoms with Crippen LogP contribution in [0.1, 0.15) is 17.0 Å². The summed E-state index contributed by atoms with van der Waals surface area (Å²) < 4.78 is 87.4. The molecular formula is C22H18F6N4O3. The number of nitrogens with zero attached hydrogens (tertiary/aromatic N) is 4. The monoisotopic (exact) mass is 500 g/mol. The Morgan fingerprint density at radius 1 is 0.971 bits per heavy atom. The van der Waals surface area contributed by atoms with Crippen LogP contribution in [0.3, 0.4) is 0 Å². The normalized spacial score (nSPS) is 14.7. The molecule has 186 valence electrons. The fourth-order valence-electron chi connectivity index (χ4n) is 3.44. The fraction of sp³-hybridized carbons (Fsp3) is 0.318. The van der Waals surface area contributed by atoms with Gasteiger partial charge in [-0.3, -0.25) is 4.90 Å². The van der Waals surface area contributed by atoms with Crippen molar-refractivity contribution in [1.29, 1.82) is 0 Å². The summed E-state index contributed by atoms with van der Waals surface area (Å²) in [4.78, 5) is 19.2. The van der Waals surface area contributed by atoms with Crippen LogP contribution >= 0.6 is 0 Å². The maximum atomic E-state index is 13.3. The molecule has 0 saturated carbocycles. The van der Waals surface area contributed by atoms with Crippen LogP contribution in [0.15, 0.2) is 53.1 Å². The molecule has 1 aliphatic heterocycles. The molecule has 35 heavy (non-hydrogen) atoms. The van der Waals surface area contributed by atoms with E-state index in [0.29, 0.717) is 18.8 Å². The van der Waals surface area contributed by atoms with Crippen molar-refractivity contribution in [1.82, 2.24) is 15.0 Å². The van der Waals surface area contributed by atoms with E-state index in [1.165, 1.54) is 46.2 Å². The topological polar surface area (TPSA) is 71.7 Å². The maximum Gasteiger partial charge on any atom is 0.471 e. The van der Waals surface area contributed by atoms with Gasteiger partial charge in [-0.05, 0) is 23.8 Å². The fourth-order valence-corrected chi connectivity index (χ4v) is 3.44. The van der Waals surface area contributed by atoms with Gasteiger partial charge in [-0.15, -0.1) is 0 Å². The molecule has 0 N–H and O–H groups in total. The molecule has 1 saturated heterocycles. The Morgan fingerprint density at radius 2 is 1.66 bits per heavy atom. The van der Waals surface area contributed by atoms with E-state index in [4.69, 9.17) is 4.74 Å². The summed E-state index contributed by atoms with van der Waals surface area (Å²) in [5.41, 5.74) is -0.0958. The van der Waals surface area contributed by atoms with Crippen molar-refractivity contribution in [3.05, 3.63) is 65.5 Å². The number of carbonyl (C=O) groups is 1. The number of urea groups is 1. The zero-order valence-corrected chi connectivity index (χ0v) is 17.9. The van der Waals surface area contributed by atoms with Crippen molar-refractivity contribution in [2.75, 3.05) is 31.2 Å². The van der Waals surface area contributed by atoms with Gasteiger partial charge in [0.2, 0.25) is 5.82 Å². The van der Waals surface area contributed by atoms with Crippen LogP contribution in [-0.2, 0) is 23.6 Å². The zero-order chi connectivity index (χ0) is 25.2. The third-order valence-corrected chi connectivity index (χ3v) is 5.22. The van der Waals surface area contributed by atoms with Crippen molar-refractivity contribution in [3.63, 3.8) is 0 Å². The molecule has 3 aromatic rings. The Kier molecular flexibility index (Phi) is 6.70. The van der Waals surface area contributed by atoms with Crippen molar-refractivity contribution < 1.29 is 40.4 Å². The smallest absolute Gasteiger partial charge is 0.378 e. The van der Waals surface area contributed by atoms with Crippen LogP contribution in [0.2, 0.25) is 0 Å². The van der Waals surface area contributed by atoms with Crippen molar-refractivity contribution in [2.45, 2.75) is 18.9 Å². The SMILES string of the molecule is O=C(N1CCOCC1)N(Cc1ccc(-c2noc(C(F)(F)F)n2)cc1)c1cccc(C(F)(F)F)c1. The Labute approximate surface area is 194 Å². The molecule has 4 rings (SSSR count). The predicted molar refractivity (Wildman–Crippen MR) is 110 cm³/mol. The van der Waals surface area contributed by atoms with E-state index in [-0.39, 0.29) is 36.7 Å². The summed E-state index contributed by atoms with van der Waals surface area (Å²) >= 11 is 0. The van der Waals surface area contributed by atoms with E-state index in [9.17, 15) is 31.1 Å². The Morgan fingerprint density at radius 3 is 2.26 bits per heavy atom. The van der Waals surface area contributed by atoms with Crippen LogP contribution in [0.5, 0.6) is 0 Å². The minimum absolute atomic E-state index is 0.0494. The van der Waals surface area contributed by atoms with Crippen molar-refractivity contribution >= 4 is 11.7 Å². The second kappa shape index (κ2) is 9.56. The lowest BCUT2D eigenvalue weighted by Gasteiger charge is -2.33. The second-order valence-electron chi connectivity index (χ2n) is 7.63. The summed E-state index contributed by atoms with van der Waals surface area (Å²) in [5, 5.41) is 3.32. The van der Waals surface area contributed by atoms with E-state index in [1.54, 1.807) is 0 Å². The standard InChI is InChI=1S/C22H18F6N4O3/c23-21(24,25)16-2-1-3-17(12-16)32(20(33)31-8-10-34-11-9-31)13-14-4-6-15(7-5-14)18-29-19(35-30-18)22(26,27)28/h1-7,12H,8-11,13H2. The first-order valence-electron chi connectivity index (χ1n) is 10.3. The lowest BCUT2D eigenvalue weighted by Crippen LogP contribution is -2.48. The number of rotatable bonds is 4. The van der Waals surface area contributed by atoms with Crippen LogP contribution in [0, 0.1) is 0 Å². The van der Waals surface area contributed by atoms with Gasteiger partial charge >= 0.3 is 24.3 Å². The van der Waals surface area contributed by atoms with Gasteiger partial charge < -0.3 is 14.2 Å². The summed E-state index contributed by atoms with van der Waals surface area (Å²) in [6.45, 7) is 1.10. The number of alkyl halides is 6. The molecule has 0 atom stereocenters. The number of morpholine rings is 1. The first-order chi connectivity index (χ1) is 16.5. The van der Waals surface area contributed by atoms with Crippen LogP contribution < -0.4 is 4.90 Å². The number of anilines is 1. The minimum Gasteiger partial charge on any atom is -0.378 e. The molecule has 2 heterocycles. The molecule has 2 amide bonds. The van der Waals surface area contributed by atoms with E-state index < -0.39 is 29.8 Å². The zero-order valence-electron chi connectivity index (χ0n) is 17.9. The van der Waals surface area contributed by atoms with E-state index in [0.717, 1.165) is 12.1 Å². The highest BCUT2D eigenvalue weighted by Gasteiger charge is 2.38. The number of ether oxygens (including phenoxy) is 1. The van der Waals surface area contributed by atoms with Crippen LogP contribution in [0.25, 0.3) is 11.4 Å². The van der Waals surface area contributed by atoms with Crippen LogP contribution in [-0.4, -0.2) is 47.4 Å². The molecule has 0 unspecified atom stereocenters. The molecule has 0 spiro atoms. The molecule has 1 fully saturated rings. The first-order valence-corrected chi connectivity index (χ1v) is 10.3. The molecule has 1 aromatic heterocycles. The van der Waals surface area contributed by atoms with Gasteiger partial charge in [-0.25, -0.2) is 4.79 Å². The number of benzene rings is 2. The summed E-state index contributed by atoms with van der Waals surface area (Å²) in [5.74, 6) is -1.76. The highest BCUT2D eigenvalue weighted by atomic mass is 19.4. The van der Waals surface area contributed by atoms with Crippen molar-refractivity contribution in [3.8, 4) is 11.4 Å². The van der Waals surface area contributed by atoms with Gasteiger partial charge in [-0.2, -0.15) is 31.3 Å². The number of carbonyl (C=O) groups excluding carboxylic acids is 1. The summed E-state index contributed by atoms with van der Waals surface area (Å²) in [7, 11) is 0. The Bertz CT molecular complexity index is 1170. The Hall–Kier alpha value is -3.61. The van der Waals surface area contributed by atoms with Crippen LogP contribution in [0.4, 0.5) is 36.8 Å². The maximum absolute atomic E-state index is 13.3. The van der Waals surface area contributed by atoms with Gasteiger partial charge in [0.15, 0.2) is 0 Å². The minimum atomic E-state index is -4.78. The summed E-state index contributed by atoms with van der Waals surface area (Å²) in [6, 6.07) is 9.84. The molecule has 0 radical (unpaired) electrons. The number of hydrogen-bond donors (Lipinski definition) is 0. The Balaban J connectivity index is 1.61. The molecule has 13 heteroatoms. The molecule has 2 aromatic carbocycles.